The Morgan fingerprint density at radius 2 is 1.91 bits per heavy atom. The van der Waals surface area contributed by atoms with Crippen LogP contribution in [-0.4, -0.2) is 22.2 Å². The summed E-state index contributed by atoms with van der Waals surface area (Å²) in [7, 11) is 0. The first-order valence-electron chi connectivity index (χ1n) is 3.76. The second-order valence-corrected chi connectivity index (χ2v) is 3.22. The zero-order valence-electron chi connectivity index (χ0n) is 7.15. The summed E-state index contributed by atoms with van der Waals surface area (Å²) >= 11 is 0. The van der Waals surface area contributed by atoms with E-state index < -0.39 is 17.1 Å². The number of hydrogen-bond donors (Lipinski definition) is 1. The highest BCUT2D eigenvalue weighted by Crippen LogP contribution is 2.09. The Bertz CT molecular complexity index is 136. The molecule has 0 aromatic carbocycles. The first kappa shape index (κ1) is 10.4. The number of rotatable bonds is 4. The van der Waals surface area contributed by atoms with E-state index in [0.717, 1.165) is 0 Å². The lowest BCUT2D eigenvalue weighted by molar-refractivity contribution is -0.530. The van der Waals surface area contributed by atoms with Crippen molar-refractivity contribution in [1.82, 2.24) is 0 Å². The Balaban J connectivity index is 3.82. The Morgan fingerprint density at radius 1 is 1.45 bits per heavy atom. The molecule has 2 unspecified atom stereocenters. The number of nitrogens with zero attached hydrogens (tertiary/aromatic N) is 1. The molecule has 0 saturated heterocycles. The zero-order chi connectivity index (χ0) is 9.02. The van der Waals surface area contributed by atoms with Gasteiger partial charge in [-0.1, -0.05) is 13.8 Å². The molecule has 11 heavy (non-hydrogen) atoms. The molecule has 1 N–H and O–H groups in total. The predicted octanol–water partition coefficient (Wildman–Crippen LogP) is 1.06. The van der Waals surface area contributed by atoms with Crippen LogP contribution in [0.25, 0.3) is 0 Å². The molecular formula is C7H15NO3. The monoisotopic (exact) mass is 161 g/mol. The van der Waals surface area contributed by atoms with Crippen molar-refractivity contribution in [1.29, 1.82) is 0 Å². The molecule has 66 valence electrons. The van der Waals surface area contributed by atoms with Crippen LogP contribution >= 0.6 is 0 Å². The number of aliphatic hydroxyl groups excluding tert-OH is 1. The normalized spacial score (nSPS) is 16.5. The van der Waals surface area contributed by atoms with Gasteiger partial charge in [0.25, 0.3) is 0 Å². The van der Waals surface area contributed by atoms with E-state index in [1.54, 1.807) is 0 Å². The Labute approximate surface area is 66.4 Å². The van der Waals surface area contributed by atoms with Gasteiger partial charge in [-0.25, -0.2) is 0 Å². The van der Waals surface area contributed by atoms with Gasteiger partial charge in [-0.15, -0.1) is 0 Å². The van der Waals surface area contributed by atoms with E-state index in [2.05, 4.69) is 0 Å². The lowest BCUT2D eigenvalue weighted by Gasteiger charge is -2.13. The van der Waals surface area contributed by atoms with E-state index in [0.29, 0.717) is 12.3 Å². The van der Waals surface area contributed by atoms with E-state index >= 15 is 0 Å². The second-order valence-electron chi connectivity index (χ2n) is 3.22. The zero-order valence-corrected chi connectivity index (χ0v) is 7.15. The topological polar surface area (TPSA) is 63.4 Å². The van der Waals surface area contributed by atoms with Crippen molar-refractivity contribution in [3.05, 3.63) is 10.1 Å². The minimum atomic E-state index is -0.850. The van der Waals surface area contributed by atoms with Gasteiger partial charge in [-0.05, 0) is 12.3 Å². The van der Waals surface area contributed by atoms with Crippen LogP contribution in [0.2, 0.25) is 0 Å². The fourth-order valence-electron chi connectivity index (χ4n) is 0.820. The minimum absolute atomic E-state index is 0.299. The van der Waals surface area contributed by atoms with Gasteiger partial charge in [-0.3, -0.25) is 10.1 Å². The van der Waals surface area contributed by atoms with Gasteiger partial charge in [0.05, 0.1) is 0 Å². The molecule has 0 aromatic rings. The molecule has 0 aliphatic heterocycles. The van der Waals surface area contributed by atoms with Crippen molar-refractivity contribution in [2.75, 3.05) is 0 Å². The summed E-state index contributed by atoms with van der Waals surface area (Å²) in [5.74, 6) is 0.299. The highest BCUT2D eigenvalue weighted by molar-refractivity contribution is 4.64. The molecule has 0 aliphatic rings. The molecule has 0 rings (SSSR count). The van der Waals surface area contributed by atoms with Crippen molar-refractivity contribution in [3.8, 4) is 0 Å². The van der Waals surface area contributed by atoms with Crippen molar-refractivity contribution >= 4 is 0 Å². The van der Waals surface area contributed by atoms with E-state index in [1.165, 1.54) is 6.92 Å². The summed E-state index contributed by atoms with van der Waals surface area (Å²) in [6.45, 7) is 5.28. The van der Waals surface area contributed by atoms with Gasteiger partial charge in [-0.2, -0.15) is 0 Å². The summed E-state index contributed by atoms with van der Waals surface area (Å²) in [5, 5.41) is 19.4. The van der Waals surface area contributed by atoms with Crippen LogP contribution in [0.1, 0.15) is 27.2 Å². The second kappa shape index (κ2) is 4.28. The molecule has 4 heteroatoms. The van der Waals surface area contributed by atoms with Crippen LogP contribution in [0.4, 0.5) is 0 Å². The molecule has 0 saturated carbocycles. The van der Waals surface area contributed by atoms with Crippen molar-refractivity contribution in [2.45, 2.75) is 39.3 Å². The predicted molar refractivity (Wildman–Crippen MR) is 41.9 cm³/mol. The maximum atomic E-state index is 10.2. The van der Waals surface area contributed by atoms with Crippen LogP contribution < -0.4 is 0 Å². The molecule has 0 aliphatic carbocycles. The lowest BCUT2D eigenvalue weighted by Crippen LogP contribution is -2.31. The fraction of sp³-hybridized carbons (Fsp3) is 1.00. The molecule has 2 atom stereocenters. The van der Waals surface area contributed by atoms with Gasteiger partial charge in [0, 0.05) is 11.8 Å². The molecule has 0 radical (unpaired) electrons. The van der Waals surface area contributed by atoms with E-state index in [-0.39, 0.29) is 0 Å². The van der Waals surface area contributed by atoms with Crippen LogP contribution in [0.5, 0.6) is 0 Å². The van der Waals surface area contributed by atoms with E-state index in [4.69, 9.17) is 0 Å². The largest absolute Gasteiger partial charge is 0.386 e. The minimum Gasteiger partial charge on any atom is -0.386 e. The fourth-order valence-corrected chi connectivity index (χ4v) is 0.820. The van der Waals surface area contributed by atoms with Gasteiger partial charge >= 0.3 is 0 Å². The van der Waals surface area contributed by atoms with Crippen molar-refractivity contribution < 1.29 is 10.0 Å². The molecule has 0 spiro atoms. The van der Waals surface area contributed by atoms with Gasteiger partial charge in [0.1, 0.15) is 6.10 Å². The van der Waals surface area contributed by atoms with Crippen LogP contribution in [0.3, 0.4) is 0 Å². The Hall–Kier alpha value is -0.640. The third-order valence-corrected chi connectivity index (χ3v) is 1.60. The Morgan fingerprint density at radius 3 is 2.18 bits per heavy atom. The van der Waals surface area contributed by atoms with Crippen LogP contribution in [-0.2, 0) is 0 Å². The van der Waals surface area contributed by atoms with Gasteiger partial charge in [0.15, 0.2) is 0 Å². The van der Waals surface area contributed by atoms with E-state index in [9.17, 15) is 15.2 Å². The molecule has 0 heterocycles. The molecular weight excluding hydrogens is 146 g/mol. The average Bonchev–Trinajstić information content (AvgIpc) is 1.84. The average molecular weight is 161 g/mol. The van der Waals surface area contributed by atoms with E-state index in [1.807, 2.05) is 13.8 Å². The highest BCUT2D eigenvalue weighted by Gasteiger charge is 2.24. The SMILES string of the molecule is CC(C)CC(O)C(C)[N+](=O)[O-]. The smallest absolute Gasteiger partial charge is 0.235 e. The van der Waals surface area contributed by atoms with Crippen molar-refractivity contribution in [3.63, 3.8) is 0 Å². The number of hydrogen-bond acceptors (Lipinski definition) is 3. The summed E-state index contributed by atoms with van der Waals surface area (Å²) in [6, 6.07) is -0.850. The summed E-state index contributed by atoms with van der Waals surface area (Å²) < 4.78 is 0. The standard InChI is InChI=1S/C7H15NO3/c1-5(2)4-7(9)6(3)8(10)11/h5-7,9H,4H2,1-3H3. The molecule has 0 amide bonds. The summed E-state index contributed by atoms with van der Waals surface area (Å²) in [6.07, 6.45) is -0.327. The molecule has 0 aromatic heterocycles. The summed E-state index contributed by atoms with van der Waals surface area (Å²) in [5.41, 5.74) is 0. The Kier molecular flexibility index (Phi) is 4.03. The highest BCUT2D eigenvalue weighted by atomic mass is 16.6. The maximum absolute atomic E-state index is 10.2. The first-order chi connectivity index (χ1) is 4.95. The summed E-state index contributed by atoms with van der Waals surface area (Å²) in [4.78, 5) is 9.72. The van der Waals surface area contributed by atoms with Crippen molar-refractivity contribution in [2.24, 2.45) is 5.92 Å². The van der Waals surface area contributed by atoms with Crippen LogP contribution in [0, 0.1) is 16.0 Å². The third kappa shape index (κ3) is 3.93. The lowest BCUT2D eigenvalue weighted by atomic mass is 10.0. The molecule has 0 bridgehead atoms. The molecule has 0 fully saturated rings. The van der Waals surface area contributed by atoms with Gasteiger partial charge < -0.3 is 5.11 Å². The quantitative estimate of drug-likeness (QED) is 0.495. The number of nitro groups is 1. The third-order valence-electron chi connectivity index (χ3n) is 1.60. The first-order valence-corrected chi connectivity index (χ1v) is 3.76. The van der Waals surface area contributed by atoms with Crippen LogP contribution in [0.15, 0.2) is 0 Å². The van der Waals surface area contributed by atoms with Gasteiger partial charge in [0.2, 0.25) is 6.04 Å². The number of aliphatic hydroxyl groups is 1. The molecule has 4 nitrogen and oxygen atoms in total. The maximum Gasteiger partial charge on any atom is 0.235 e.